The highest BCUT2D eigenvalue weighted by Crippen LogP contribution is 2.65. The second-order valence-electron chi connectivity index (χ2n) is 18.1. The maximum atomic E-state index is 2.47. The summed E-state index contributed by atoms with van der Waals surface area (Å²) < 4.78 is 0. The third-order valence-electron chi connectivity index (χ3n) is 14.2. The van der Waals surface area contributed by atoms with Crippen molar-refractivity contribution in [3.05, 3.63) is 307 Å². The van der Waals surface area contributed by atoms with Crippen molar-refractivity contribution in [2.45, 2.75) is 5.41 Å². The molecule has 0 amide bonds. The molecule has 0 atom stereocenters. The van der Waals surface area contributed by atoms with Crippen LogP contribution in [0.1, 0.15) is 22.3 Å². The van der Waals surface area contributed by atoms with Gasteiger partial charge >= 0.3 is 0 Å². The van der Waals surface area contributed by atoms with Crippen molar-refractivity contribution in [1.82, 2.24) is 0 Å². The van der Waals surface area contributed by atoms with Crippen LogP contribution < -0.4 is 14.7 Å². The molecule has 11 aromatic rings. The standard InChI is InChI=1S/C67H47N3/c1-6-23-48(24-7-1)50-27-20-35-55(45-50)68(52-29-10-3-11-30-52)57-43-44-59-58(47-57)66-62(67(59)60-37-16-18-40-63(60)70(54-33-14-5-15-34-54)64-41-19-17-38-61(64)67)39-22-42-65(66)69(53-31-12-4-13-32-53)56-36-21-28-51(46-56)49-25-8-2-9-26-49/h1-47H. The van der Waals surface area contributed by atoms with E-state index in [-0.39, 0.29) is 0 Å². The fourth-order valence-electron chi connectivity index (χ4n) is 11.3. The van der Waals surface area contributed by atoms with Crippen LogP contribution in [-0.4, -0.2) is 0 Å². The third kappa shape index (κ3) is 6.66. The SMILES string of the molecule is c1ccc(-c2cccc(N(c3ccccc3)c3ccc4c(c3)-c3c(N(c5ccccc5)c5cccc(-c6ccccc6)c5)cccc3C43c4ccccc4N(c4ccccc4)c4ccccc43)c2)cc1. The number of rotatable bonds is 9. The number of hydrogen-bond acceptors (Lipinski definition) is 3. The highest BCUT2D eigenvalue weighted by Gasteiger charge is 2.52. The van der Waals surface area contributed by atoms with Gasteiger partial charge in [0.1, 0.15) is 0 Å². The quantitative estimate of drug-likeness (QED) is 0.143. The molecule has 330 valence electrons. The van der Waals surface area contributed by atoms with Gasteiger partial charge in [0.05, 0.1) is 22.5 Å². The van der Waals surface area contributed by atoms with Gasteiger partial charge in [-0.05, 0) is 141 Å². The van der Waals surface area contributed by atoms with E-state index in [1.165, 1.54) is 61.4 Å². The molecule has 0 saturated carbocycles. The van der Waals surface area contributed by atoms with Crippen LogP contribution in [0.15, 0.2) is 285 Å². The Hall–Kier alpha value is -9.18. The van der Waals surface area contributed by atoms with E-state index in [9.17, 15) is 0 Å². The molecule has 0 bridgehead atoms. The van der Waals surface area contributed by atoms with E-state index >= 15 is 0 Å². The van der Waals surface area contributed by atoms with Crippen molar-refractivity contribution >= 4 is 51.2 Å². The van der Waals surface area contributed by atoms with Gasteiger partial charge in [-0.25, -0.2) is 0 Å². The van der Waals surface area contributed by atoms with Crippen molar-refractivity contribution < 1.29 is 0 Å². The molecule has 1 aliphatic carbocycles. The van der Waals surface area contributed by atoms with Crippen molar-refractivity contribution in [2.24, 2.45) is 0 Å². The Balaban J connectivity index is 1.11. The highest BCUT2D eigenvalue weighted by atomic mass is 15.2. The van der Waals surface area contributed by atoms with Crippen LogP contribution in [0.25, 0.3) is 33.4 Å². The minimum atomic E-state index is -0.670. The van der Waals surface area contributed by atoms with Crippen molar-refractivity contribution in [3.8, 4) is 33.4 Å². The lowest BCUT2D eigenvalue weighted by Gasteiger charge is -2.45. The van der Waals surface area contributed by atoms with Gasteiger partial charge in [-0.3, -0.25) is 0 Å². The van der Waals surface area contributed by atoms with Crippen molar-refractivity contribution in [1.29, 1.82) is 0 Å². The minimum Gasteiger partial charge on any atom is -0.310 e. The van der Waals surface area contributed by atoms with Gasteiger partial charge < -0.3 is 14.7 Å². The lowest BCUT2D eigenvalue weighted by molar-refractivity contribution is 0.752. The molecule has 11 aromatic carbocycles. The van der Waals surface area contributed by atoms with Crippen LogP contribution >= 0.6 is 0 Å². The number of hydrogen-bond donors (Lipinski definition) is 0. The van der Waals surface area contributed by atoms with E-state index in [1.54, 1.807) is 0 Å². The first-order valence-corrected chi connectivity index (χ1v) is 24.1. The van der Waals surface area contributed by atoms with Gasteiger partial charge in [-0.15, -0.1) is 0 Å². The van der Waals surface area contributed by atoms with E-state index in [0.717, 1.165) is 45.4 Å². The van der Waals surface area contributed by atoms with E-state index in [1.807, 2.05) is 0 Å². The summed E-state index contributed by atoms with van der Waals surface area (Å²) >= 11 is 0. The monoisotopic (exact) mass is 893 g/mol. The number of para-hydroxylation sites is 5. The summed E-state index contributed by atoms with van der Waals surface area (Å²) in [4.78, 5) is 7.34. The summed E-state index contributed by atoms with van der Waals surface area (Å²) in [5.74, 6) is 0. The Morgan fingerprint density at radius 2 is 0.686 bits per heavy atom. The van der Waals surface area contributed by atoms with E-state index in [4.69, 9.17) is 0 Å². The van der Waals surface area contributed by atoms with Crippen LogP contribution in [0.3, 0.4) is 0 Å². The third-order valence-corrected chi connectivity index (χ3v) is 14.2. The molecule has 0 fully saturated rings. The highest BCUT2D eigenvalue weighted by molar-refractivity contribution is 6.02. The summed E-state index contributed by atoms with van der Waals surface area (Å²) in [5.41, 5.74) is 21.4. The number of fused-ring (bicyclic) bond motifs is 9. The Labute approximate surface area is 410 Å². The van der Waals surface area contributed by atoms with Crippen LogP contribution in [0.2, 0.25) is 0 Å². The van der Waals surface area contributed by atoms with Gasteiger partial charge in [0, 0.05) is 39.7 Å². The topological polar surface area (TPSA) is 9.72 Å². The van der Waals surface area contributed by atoms with Crippen molar-refractivity contribution in [2.75, 3.05) is 14.7 Å². The maximum absolute atomic E-state index is 2.47. The summed E-state index contributed by atoms with van der Waals surface area (Å²) in [6.07, 6.45) is 0. The Morgan fingerprint density at radius 3 is 1.26 bits per heavy atom. The summed E-state index contributed by atoms with van der Waals surface area (Å²) in [5, 5.41) is 0. The lowest BCUT2D eigenvalue weighted by Crippen LogP contribution is -2.36. The fraction of sp³-hybridized carbons (Fsp3) is 0.0149. The second-order valence-corrected chi connectivity index (χ2v) is 18.1. The number of benzene rings is 11. The zero-order chi connectivity index (χ0) is 46.4. The van der Waals surface area contributed by atoms with Gasteiger partial charge in [-0.1, -0.05) is 194 Å². The minimum absolute atomic E-state index is 0.670. The van der Waals surface area contributed by atoms with E-state index < -0.39 is 5.41 Å². The van der Waals surface area contributed by atoms with Gasteiger partial charge in [0.2, 0.25) is 0 Å². The van der Waals surface area contributed by atoms with Gasteiger partial charge in [-0.2, -0.15) is 0 Å². The first-order chi connectivity index (χ1) is 34.8. The Morgan fingerprint density at radius 1 is 0.271 bits per heavy atom. The molecule has 1 heterocycles. The molecule has 0 unspecified atom stereocenters. The van der Waals surface area contributed by atoms with E-state index in [2.05, 4.69) is 300 Å². The predicted molar refractivity (Wildman–Crippen MR) is 292 cm³/mol. The molecule has 0 saturated heterocycles. The molecule has 0 radical (unpaired) electrons. The van der Waals surface area contributed by atoms with Crippen LogP contribution in [0, 0.1) is 0 Å². The lowest BCUT2D eigenvalue weighted by atomic mass is 9.64. The smallest absolute Gasteiger partial charge is 0.0755 e. The van der Waals surface area contributed by atoms with Gasteiger partial charge in [0.15, 0.2) is 0 Å². The largest absolute Gasteiger partial charge is 0.310 e. The zero-order valence-electron chi connectivity index (χ0n) is 38.5. The fourth-order valence-corrected chi connectivity index (χ4v) is 11.3. The first-order valence-electron chi connectivity index (χ1n) is 24.1. The molecule has 70 heavy (non-hydrogen) atoms. The molecule has 0 N–H and O–H groups in total. The molecule has 2 aliphatic rings. The summed E-state index contributed by atoms with van der Waals surface area (Å²) in [7, 11) is 0. The normalized spacial score (nSPS) is 12.7. The molecule has 0 aromatic heterocycles. The average molecular weight is 894 g/mol. The molecular formula is C67H47N3. The first kappa shape index (κ1) is 41.0. The zero-order valence-corrected chi connectivity index (χ0v) is 38.5. The maximum Gasteiger partial charge on any atom is 0.0755 e. The Kier molecular flexibility index (Phi) is 10.1. The second kappa shape index (κ2) is 17.2. The van der Waals surface area contributed by atoms with E-state index in [0.29, 0.717) is 0 Å². The molecule has 13 rings (SSSR count). The average Bonchev–Trinajstić information content (AvgIpc) is 3.73. The summed E-state index contributed by atoms with van der Waals surface area (Å²) in [6, 6.07) is 104. The predicted octanol–water partition coefficient (Wildman–Crippen LogP) is 18.1. The molecule has 3 heteroatoms. The molecule has 3 nitrogen and oxygen atoms in total. The van der Waals surface area contributed by atoms with Gasteiger partial charge in [0.25, 0.3) is 0 Å². The van der Waals surface area contributed by atoms with Crippen molar-refractivity contribution in [3.63, 3.8) is 0 Å². The summed E-state index contributed by atoms with van der Waals surface area (Å²) in [6.45, 7) is 0. The Bertz CT molecular complexity index is 3620. The van der Waals surface area contributed by atoms with Crippen LogP contribution in [0.4, 0.5) is 51.2 Å². The van der Waals surface area contributed by atoms with Crippen LogP contribution in [0.5, 0.6) is 0 Å². The number of anilines is 9. The van der Waals surface area contributed by atoms with Crippen LogP contribution in [-0.2, 0) is 5.41 Å². The number of nitrogens with zero attached hydrogens (tertiary/aromatic N) is 3. The molecule has 1 spiro atoms. The molecular weight excluding hydrogens is 847 g/mol. The molecule has 1 aliphatic heterocycles.